The van der Waals surface area contributed by atoms with Crippen LogP contribution in [-0.2, 0) is 17.2 Å². The van der Waals surface area contributed by atoms with E-state index in [0.29, 0.717) is 40.9 Å². The maximum Gasteiger partial charge on any atom is 0.134 e. The number of fused-ring (bicyclic) bond motifs is 1. The minimum absolute atomic E-state index is 0.0448. The predicted molar refractivity (Wildman–Crippen MR) is 87.3 cm³/mol. The van der Waals surface area contributed by atoms with Crippen molar-refractivity contribution < 1.29 is 13.3 Å². The molecule has 2 aliphatic heterocycles. The van der Waals surface area contributed by atoms with Gasteiger partial charge in [0.25, 0.3) is 0 Å². The van der Waals surface area contributed by atoms with Gasteiger partial charge >= 0.3 is 0 Å². The van der Waals surface area contributed by atoms with Crippen molar-refractivity contribution in [2.75, 3.05) is 23.7 Å². The minimum Gasteiger partial charge on any atom is -0.487 e. The van der Waals surface area contributed by atoms with Gasteiger partial charge in [-0.25, -0.2) is 9.37 Å². The molecule has 1 fully saturated rings. The van der Waals surface area contributed by atoms with E-state index in [9.17, 15) is 8.60 Å². The van der Waals surface area contributed by atoms with E-state index < -0.39 is 10.8 Å². The van der Waals surface area contributed by atoms with Gasteiger partial charge in [-0.05, 0) is 24.3 Å². The van der Waals surface area contributed by atoms with E-state index in [1.54, 1.807) is 18.2 Å². The van der Waals surface area contributed by atoms with Crippen LogP contribution in [0, 0.1) is 5.82 Å². The Labute approximate surface area is 140 Å². The van der Waals surface area contributed by atoms with Gasteiger partial charge in [0, 0.05) is 18.2 Å². The van der Waals surface area contributed by atoms with Crippen molar-refractivity contribution in [1.29, 1.82) is 0 Å². The second-order valence-corrected chi connectivity index (χ2v) is 7.55. The smallest absolute Gasteiger partial charge is 0.134 e. The third-order valence-electron chi connectivity index (χ3n) is 4.02. The molecule has 0 amide bonds. The van der Waals surface area contributed by atoms with Gasteiger partial charge in [0.15, 0.2) is 0 Å². The molecule has 0 saturated carbocycles. The van der Waals surface area contributed by atoms with Gasteiger partial charge < -0.3 is 9.64 Å². The van der Waals surface area contributed by atoms with Gasteiger partial charge in [-0.1, -0.05) is 11.6 Å². The highest BCUT2D eigenvalue weighted by atomic mass is 35.5. The van der Waals surface area contributed by atoms with Gasteiger partial charge in [-0.3, -0.25) is 4.21 Å². The van der Waals surface area contributed by atoms with Crippen LogP contribution >= 0.6 is 11.6 Å². The van der Waals surface area contributed by atoms with Crippen LogP contribution in [0.3, 0.4) is 0 Å². The number of ether oxygens (including phenoxy) is 1. The highest BCUT2D eigenvalue weighted by Crippen LogP contribution is 2.33. The molecule has 2 aliphatic rings. The summed E-state index contributed by atoms with van der Waals surface area (Å²) >= 11 is 6.25. The van der Waals surface area contributed by atoms with Crippen LogP contribution in [-0.4, -0.2) is 34.1 Å². The summed E-state index contributed by atoms with van der Waals surface area (Å²) in [7, 11) is -1.02. The number of rotatable bonds is 3. The normalized spacial score (nSPS) is 20.3. The Kier molecular flexibility index (Phi) is 3.73. The van der Waals surface area contributed by atoms with Crippen LogP contribution in [0.5, 0.6) is 5.75 Å². The maximum absolute atomic E-state index is 12.9. The molecule has 1 unspecified atom stereocenters. The fourth-order valence-corrected chi connectivity index (χ4v) is 4.54. The lowest BCUT2D eigenvalue weighted by atomic mass is 10.1. The number of nitrogens with zero attached hydrogens (tertiary/aromatic N) is 2. The lowest BCUT2D eigenvalue weighted by Crippen LogP contribution is -2.54. The Hall–Kier alpha value is -1.66. The van der Waals surface area contributed by atoms with E-state index in [2.05, 4.69) is 9.88 Å². The van der Waals surface area contributed by atoms with Crippen LogP contribution in [0.15, 0.2) is 35.2 Å². The zero-order chi connectivity index (χ0) is 16.0. The first kappa shape index (κ1) is 14.9. The Morgan fingerprint density at radius 3 is 2.78 bits per heavy atom. The zero-order valence-electron chi connectivity index (χ0n) is 12.2. The molecule has 0 radical (unpaired) electrons. The van der Waals surface area contributed by atoms with E-state index in [0.717, 1.165) is 11.5 Å². The standard InChI is InChI=1S/C16H14ClFN2O2S/c17-13-7-15(19-14-5-6-23(21)16(13)14)20-8-12(9-20)22-11-3-1-10(18)2-4-11/h1-4,7,12H,5-6,8-9H2. The number of aryl methyl sites for hydroxylation is 1. The fraction of sp³-hybridized carbons (Fsp3) is 0.312. The highest BCUT2D eigenvalue weighted by molar-refractivity contribution is 7.85. The Morgan fingerprint density at radius 2 is 2.04 bits per heavy atom. The van der Waals surface area contributed by atoms with Gasteiger partial charge in [-0.2, -0.15) is 0 Å². The number of halogens is 2. The first-order chi connectivity index (χ1) is 11.1. The van der Waals surface area contributed by atoms with Gasteiger partial charge in [0.1, 0.15) is 23.5 Å². The van der Waals surface area contributed by atoms with Crippen molar-refractivity contribution in [3.63, 3.8) is 0 Å². The summed E-state index contributed by atoms with van der Waals surface area (Å²) in [5.41, 5.74) is 0.841. The molecule has 1 atom stereocenters. The van der Waals surface area contributed by atoms with Crippen LogP contribution in [0.25, 0.3) is 0 Å². The molecule has 7 heteroatoms. The first-order valence-electron chi connectivity index (χ1n) is 7.35. The summed E-state index contributed by atoms with van der Waals surface area (Å²) in [6, 6.07) is 7.79. The molecule has 0 aliphatic carbocycles. The van der Waals surface area contributed by atoms with E-state index in [1.165, 1.54) is 12.1 Å². The molecule has 0 spiro atoms. The van der Waals surface area contributed by atoms with E-state index in [4.69, 9.17) is 16.3 Å². The van der Waals surface area contributed by atoms with Crippen LogP contribution in [0.2, 0.25) is 5.02 Å². The highest BCUT2D eigenvalue weighted by Gasteiger charge is 2.32. The third-order valence-corrected chi connectivity index (χ3v) is 5.92. The number of aromatic nitrogens is 1. The van der Waals surface area contributed by atoms with Gasteiger partial charge in [0.05, 0.1) is 39.5 Å². The monoisotopic (exact) mass is 352 g/mol. The van der Waals surface area contributed by atoms with Crippen molar-refractivity contribution in [2.24, 2.45) is 0 Å². The SMILES string of the molecule is O=S1CCc2nc(N3CC(Oc4ccc(F)cc4)C3)cc(Cl)c21. The molecule has 23 heavy (non-hydrogen) atoms. The van der Waals surface area contributed by atoms with Crippen molar-refractivity contribution in [1.82, 2.24) is 4.98 Å². The van der Waals surface area contributed by atoms with Crippen LogP contribution < -0.4 is 9.64 Å². The molecular formula is C16H14ClFN2O2S. The van der Waals surface area contributed by atoms with Crippen LogP contribution in [0.1, 0.15) is 5.69 Å². The van der Waals surface area contributed by atoms with Gasteiger partial charge in [-0.15, -0.1) is 0 Å². The zero-order valence-corrected chi connectivity index (χ0v) is 13.7. The minimum atomic E-state index is -1.02. The average molecular weight is 353 g/mol. The molecule has 2 aromatic rings. The summed E-state index contributed by atoms with van der Waals surface area (Å²) in [6.07, 6.45) is 0.752. The molecule has 1 aromatic heterocycles. The van der Waals surface area contributed by atoms with Crippen molar-refractivity contribution in [3.05, 3.63) is 46.9 Å². The summed E-state index contributed by atoms with van der Waals surface area (Å²) in [4.78, 5) is 7.34. The fourth-order valence-electron chi connectivity index (χ4n) is 2.81. The lowest BCUT2D eigenvalue weighted by Gasteiger charge is -2.40. The second-order valence-electron chi connectivity index (χ2n) is 5.64. The maximum atomic E-state index is 12.9. The summed E-state index contributed by atoms with van der Waals surface area (Å²) < 4.78 is 30.5. The number of anilines is 1. The quantitative estimate of drug-likeness (QED) is 0.852. The molecular weight excluding hydrogens is 339 g/mol. The molecule has 0 bridgehead atoms. The largest absolute Gasteiger partial charge is 0.487 e. The summed E-state index contributed by atoms with van der Waals surface area (Å²) in [5, 5.41) is 0.531. The molecule has 1 saturated heterocycles. The summed E-state index contributed by atoms with van der Waals surface area (Å²) in [6.45, 7) is 1.39. The third kappa shape index (κ3) is 2.81. The molecule has 4 rings (SSSR count). The second kappa shape index (κ2) is 5.76. The predicted octanol–water partition coefficient (Wildman–Crippen LogP) is 2.81. The van der Waals surface area contributed by atoms with Crippen molar-refractivity contribution in [2.45, 2.75) is 17.4 Å². The lowest BCUT2D eigenvalue weighted by molar-refractivity contribution is 0.166. The summed E-state index contributed by atoms with van der Waals surface area (Å²) in [5.74, 6) is 1.78. The average Bonchev–Trinajstić information content (AvgIpc) is 2.86. The molecule has 4 nitrogen and oxygen atoms in total. The molecule has 120 valence electrons. The number of benzene rings is 1. The van der Waals surface area contributed by atoms with Crippen molar-refractivity contribution in [3.8, 4) is 5.75 Å². The number of pyridine rings is 1. The Morgan fingerprint density at radius 1 is 1.30 bits per heavy atom. The van der Waals surface area contributed by atoms with E-state index in [1.807, 2.05) is 0 Å². The molecule has 3 heterocycles. The number of hydrogen-bond donors (Lipinski definition) is 0. The topological polar surface area (TPSA) is 42.4 Å². The van der Waals surface area contributed by atoms with E-state index >= 15 is 0 Å². The molecule has 0 N–H and O–H groups in total. The van der Waals surface area contributed by atoms with Crippen LogP contribution in [0.4, 0.5) is 10.2 Å². The van der Waals surface area contributed by atoms with E-state index in [-0.39, 0.29) is 11.9 Å². The Balaban J connectivity index is 1.43. The van der Waals surface area contributed by atoms with Crippen molar-refractivity contribution >= 4 is 28.2 Å². The number of hydrogen-bond acceptors (Lipinski definition) is 4. The first-order valence-corrected chi connectivity index (χ1v) is 9.05. The molecule has 1 aromatic carbocycles. The Bertz CT molecular complexity index is 778. The van der Waals surface area contributed by atoms with Gasteiger partial charge in [0.2, 0.25) is 0 Å².